The summed E-state index contributed by atoms with van der Waals surface area (Å²) in [7, 11) is 0. The highest BCUT2D eigenvalue weighted by molar-refractivity contribution is 5.92. The highest BCUT2D eigenvalue weighted by Gasteiger charge is 2.36. The minimum absolute atomic E-state index is 0.0263. The maximum absolute atomic E-state index is 13.1. The van der Waals surface area contributed by atoms with Crippen LogP contribution in [0.3, 0.4) is 0 Å². The van der Waals surface area contributed by atoms with Crippen molar-refractivity contribution in [3.63, 3.8) is 0 Å². The molecule has 108 valence electrons. The number of halogens is 3. The van der Waals surface area contributed by atoms with Crippen molar-refractivity contribution in [3.05, 3.63) is 54.4 Å². The molecule has 0 aliphatic carbocycles. The first-order chi connectivity index (χ1) is 9.97. The Balaban J connectivity index is 2.57. The number of hydrogen-bond acceptors (Lipinski definition) is 4. The highest BCUT2D eigenvalue weighted by atomic mass is 19.4. The second kappa shape index (κ2) is 5.74. The molecule has 0 bridgehead atoms. The van der Waals surface area contributed by atoms with E-state index in [1.165, 1.54) is 6.20 Å². The predicted molar refractivity (Wildman–Crippen MR) is 75.2 cm³/mol. The van der Waals surface area contributed by atoms with Gasteiger partial charge in [-0.15, -0.1) is 5.10 Å². The molecule has 1 heterocycles. The topological polar surface area (TPSA) is 61.7 Å². The number of fused-ring (bicyclic) bond motifs is 1. The zero-order chi connectivity index (χ0) is 15.5. The molecule has 4 nitrogen and oxygen atoms in total. The van der Waals surface area contributed by atoms with Crippen LogP contribution in [0.5, 0.6) is 0 Å². The summed E-state index contributed by atoms with van der Waals surface area (Å²) in [5.41, 5.74) is -1.48. The summed E-state index contributed by atoms with van der Waals surface area (Å²) in [6, 6.07) is 6.80. The van der Waals surface area contributed by atoms with Gasteiger partial charge >= 0.3 is 6.18 Å². The third kappa shape index (κ3) is 3.07. The predicted octanol–water partition coefficient (Wildman–Crippen LogP) is 3.69. The molecule has 1 aromatic carbocycles. The largest absolute Gasteiger partial charge is 0.431 e. The SMILES string of the molecule is C=C/C(C=N)=C(/Nc1nncc2ccccc12)C(F)(F)F. The third-order valence-corrected chi connectivity index (χ3v) is 2.76. The smallest absolute Gasteiger partial charge is 0.334 e. The Bertz CT molecular complexity index is 704. The Morgan fingerprint density at radius 1 is 1.29 bits per heavy atom. The molecule has 0 radical (unpaired) electrons. The van der Waals surface area contributed by atoms with Crippen LogP contribution < -0.4 is 5.32 Å². The Labute approximate surface area is 118 Å². The van der Waals surface area contributed by atoms with Crippen molar-refractivity contribution in [3.8, 4) is 0 Å². The van der Waals surface area contributed by atoms with Crippen molar-refractivity contribution in [2.45, 2.75) is 6.18 Å². The molecule has 2 aromatic rings. The van der Waals surface area contributed by atoms with E-state index in [2.05, 4.69) is 22.1 Å². The van der Waals surface area contributed by atoms with Crippen molar-refractivity contribution in [2.24, 2.45) is 0 Å². The van der Waals surface area contributed by atoms with E-state index in [-0.39, 0.29) is 11.4 Å². The monoisotopic (exact) mass is 292 g/mol. The van der Waals surface area contributed by atoms with Gasteiger partial charge in [0.2, 0.25) is 0 Å². The van der Waals surface area contributed by atoms with Gasteiger partial charge in [0.1, 0.15) is 5.70 Å². The van der Waals surface area contributed by atoms with Gasteiger partial charge in [-0.1, -0.05) is 36.9 Å². The molecule has 2 N–H and O–H groups in total. The first-order valence-corrected chi connectivity index (χ1v) is 5.89. The van der Waals surface area contributed by atoms with Crippen LogP contribution in [-0.2, 0) is 0 Å². The van der Waals surface area contributed by atoms with Gasteiger partial charge in [0, 0.05) is 22.6 Å². The second-order valence-corrected chi connectivity index (χ2v) is 4.08. The van der Waals surface area contributed by atoms with E-state index < -0.39 is 11.9 Å². The van der Waals surface area contributed by atoms with E-state index in [4.69, 9.17) is 5.41 Å². The summed E-state index contributed by atoms with van der Waals surface area (Å²) in [5, 5.41) is 17.8. The van der Waals surface area contributed by atoms with Crippen molar-refractivity contribution in [2.75, 3.05) is 5.32 Å². The van der Waals surface area contributed by atoms with Crippen molar-refractivity contribution < 1.29 is 13.2 Å². The van der Waals surface area contributed by atoms with Crippen molar-refractivity contribution >= 4 is 22.8 Å². The molecule has 0 aliphatic rings. The molecular formula is C14H11F3N4. The summed E-state index contributed by atoms with van der Waals surface area (Å²) in [4.78, 5) is 0. The zero-order valence-corrected chi connectivity index (χ0v) is 10.8. The van der Waals surface area contributed by atoms with E-state index in [9.17, 15) is 13.2 Å². The van der Waals surface area contributed by atoms with E-state index >= 15 is 0 Å². The van der Waals surface area contributed by atoms with E-state index in [1.54, 1.807) is 24.3 Å². The number of allylic oxidation sites excluding steroid dienone is 3. The van der Waals surface area contributed by atoms with Gasteiger partial charge in [-0.05, 0) is 0 Å². The molecule has 0 amide bonds. The normalized spacial score (nSPS) is 12.7. The van der Waals surface area contributed by atoms with Crippen LogP contribution >= 0.6 is 0 Å². The molecule has 0 aliphatic heterocycles. The van der Waals surface area contributed by atoms with Crippen LogP contribution in [0.4, 0.5) is 19.0 Å². The lowest BCUT2D eigenvalue weighted by molar-refractivity contribution is -0.0905. The van der Waals surface area contributed by atoms with Gasteiger partial charge in [-0.25, -0.2) is 0 Å². The number of anilines is 1. The van der Waals surface area contributed by atoms with E-state index in [1.807, 2.05) is 0 Å². The molecule has 2 rings (SSSR count). The van der Waals surface area contributed by atoms with Crippen LogP contribution in [0.15, 0.2) is 54.4 Å². The van der Waals surface area contributed by atoms with Crippen LogP contribution in [0.1, 0.15) is 0 Å². The number of alkyl halides is 3. The summed E-state index contributed by atoms with van der Waals surface area (Å²) < 4.78 is 39.3. The second-order valence-electron chi connectivity index (χ2n) is 4.08. The van der Waals surface area contributed by atoms with Crippen molar-refractivity contribution in [1.29, 1.82) is 5.41 Å². The molecule has 0 spiro atoms. The quantitative estimate of drug-likeness (QED) is 0.667. The summed E-state index contributed by atoms with van der Waals surface area (Å²) >= 11 is 0. The number of aromatic nitrogens is 2. The number of benzene rings is 1. The van der Waals surface area contributed by atoms with Gasteiger partial charge in [0.15, 0.2) is 5.82 Å². The Morgan fingerprint density at radius 2 is 2.00 bits per heavy atom. The number of hydrogen-bond donors (Lipinski definition) is 2. The number of nitrogens with zero attached hydrogens (tertiary/aromatic N) is 2. The number of rotatable bonds is 4. The first-order valence-electron chi connectivity index (χ1n) is 5.89. The van der Waals surface area contributed by atoms with Crippen LogP contribution in [0.2, 0.25) is 0 Å². The fourth-order valence-electron chi connectivity index (χ4n) is 1.78. The minimum atomic E-state index is -4.67. The van der Waals surface area contributed by atoms with Gasteiger partial charge in [-0.2, -0.15) is 18.3 Å². The molecule has 1 aromatic heterocycles. The van der Waals surface area contributed by atoms with Crippen LogP contribution in [0.25, 0.3) is 10.8 Å². The van der Waals surface area contributed by atoms with Gasteiger partial charge in [0.25, 0.3) is 0 Å². The Morgan fingerprint density at radius 3 is 2.62 bits per heavy atom. The molecule has 7 heteroatoms. The molecule has 0 saturated carbocycles. The molecule has 0 saturated heterocycles. The van der Waals surface area contributed by atoms with E-state index in [0.29, 0.717) is 17.0 Å². The molecule has 0 fully saturated rings. The zero-order valence-electron chi connectivity index (χ0n) is 10.8. The van der Waals surface area contributed by atoms with E-state index in [0.717, 1.165) is 6.08 Å². The maximum atomic E-state index is 13.1. The van der Waals surface area contributed by atoms with Crippen LogP contribution in [0, 0.1) is 5.41 Å². The lowest BCUT2D eigenvalue weighted by Gasteiger charge is -2.16. The van der Waals surface area contributed by atoms with Gasteiger partial charge in [-0.3, -0.25) is 0 Å². The molecule has 0 unspecified atom stereocenters. The lowest BCUT2D eigenvalue weighted by atomic mass is 10.1. The Kier molecular flexibility index (Phi) is 4.02. The van der Waals surface area contributed by atoms with Crippen molar-refractivity contribution in [1.82, 2.24) is 10.2 Å². The van der Waals surface area contributed by atoms with Crippen LogP contribution in [-0.4, -0.2) is 22.6 Å². The lowest BCUT2D eigenvalue weighted by Crippen LogP contribution is -2.22. The fourth-order valence-corrected chi connectivity index (χ4v) is 1.78. The third-order valence-electron chi connectivity index (χ3n) is 2.76. The summed E-state index contributed by atoms with van der Waals surface area (Å²) in [6.45, 7) is 3.29. The van der Waals surface area contributed by atoms with Gasteiger partial charge < -0.3 is 10.7 Å². The number of nitrogens with one attached hydrogen (secondary N) is 2. The highest BCUT2D eigenvalue weighted by Crippen LogP contribution is 2.30. The van der Waals surface area contributed by atoms with Gasteiger partial charge in [0.05, 0.1) is 6.20 Å². The average Bonchev–Trinajstić information content (AvgIpc) is 2.46. The Hall–Kier alpha value is -2.70. The standard InChI is InChI=1S/C14H11F3N4/c1-2-9(7-18)12(14(15,16)17)20-13-11-6-4-3-5-10(11)8-19-21-13/h2-8,18H,1H2,(H,20,21)/b12-9-,18-7?. The average molecular weight is 292 g/mol. The summed E-state index contributed by atoms with van der Waals surface area (Å²) in [6.07, 6.45) is -1.66. The molecular weight excluding hydrogens is 281 g/mol. The molecule has 21 heavy (non-hydrogen) atoms. The minimum Gasteiger partial charge on any atom is -0.334 e. The first kappa shape index (κ1) is 14.7. The maximum Gasteiger partial charge on any atom is 0.431 e. The summed E-state index contributed by atoms with van der Waals surface area (Å²) in [5.74, 6) is -0.0263. The fraction of sp³-hybridized carbons (Fsp3) is 0.0714. The molecule has 0 atom stereocenters.